The van der Waals surface area contributed by atoms with Gasteiger partial charge >= 0.3 is 0 Å². The first-order valence-electron chi connectivity index (χ1n) is 8.28. The summed E-state index contributed by atoms with van der Waals surface area (Å²) in [6.45, 7) is 5.34. The molecule has 1 aliphatic heterocycles. The molecule has 0 aromatic heterocycles. The van der Waals surface area contributed by atoms with E-state index >= 15 is 0 Å². The number of nitro benzene ring substituents is 1. The summed E-state index contributed by atoms with van der Waals surface area (Å²) < 4.78 is 23.6. The average molecular weight is 355 g/mol. The van der Waals surface area contributed by atoms with Gasteiger partial charge in [0.25, 0.3) is 5.69 Å². The summed E-state index contributed by atoms with van der Waals surface area (Å²) in [4.78, 5) is 12.6. The molecule has 1 aromatic carbocycles. The molecule has 0 bridgehead atoms. The Morgan fingerprint density at radius 2 is 2.00 bits per heavy atom. The Balaban J connectivity index is 2.05. The van der Waals surface area contributed by atoms with Crippen LogP contribution in [0, 0.1) is 10.1 Å². The molecule has 0 amide bonds. The number of hydrogen-bond acceptors (Lipinski definition) is 6. The highest BCUT2D eigenvalue weighted by Crippen LogP contribution is 2.28. The van der Waals surface area contributed by atoms with Crippen molar-refractivity contribution in [1.29, 1.82) is 0 Å². The maximum atomic E-state index is 11.8. The predicted octanol–water partition coefficient (Wildman–Crippen LogP) is 2.67. The molecule has 1 aromatic rings. The van der Waals surface area contributed by atoms with Gasteiger partial charge in [-0.3, -0.25) is 10.1 Å². The smallest absolute Gasteiger partial charge is 0.288 e. The van der Waals surface area contributed by atoms with E-state index in [1.54, 1.807) is 6.07 Å². The molecule has 8 heteroatoms. The van der Waals surface area contributed by atoms with Crippen molar-refractivity contribution in [2.45, 2.75) is 43.5 Å². The molecule has 24 heavy (non-hydrogen) atoms. The third kappa shape index (κ3) is 4.91. The van der Waals surface area contributed by atoms with Gasteiger partial charge in [-0.25, -0.2) is 8.42 Å². The Morgan fingerprint density at radius 1 is 1.33 bits per heavy atom. The molecular formula is C16H25N3O4S. The van der Waals surface area contributed by atoms with Crippen LogP contribution in [0.15, 0.2) is 23.1 Å². The maximum Gasteiger partial charge on any atom is 0.288 e. The fraction of sp³-hybridized carbons (Fsp3) is 0.625. The first-order valence-corrected chi connectivity index (χ1v) is 10.2. The molecular weight excluding hydrogens is 330 g/mol. The minimum Gasteiger partial charge on any atom is -0.382 e. The van der Waals surface area contributed by atoms with E-state index in [0.717, 1.165) is 38.7 Å². The van der Waals surface area contributed by atoms with Crippen molar-refractivity contribution in [3.63, 3.8) is 0 Å². The lowest BCUT2D eigenvalue weighted by Gasteiger charge is -2.32. The summed E-state index contributed by atoms with van der Waals surface area (Å²) in [5.74, 6) is 0. The van der Waals surface area contributed by atoms with E-state index in [2.05, 4.69) is 17.1 Å². The number of unbranched alkanes of at least 4 members (excludes halogenated alkanes) is 1. The highest BCUT2D eigenvalue weighted by molar-refractivity contribution is 7.90. The molecule has 0 atom stereocenters. The second-order valence-corrected chi connectivity index (χ2v) is 8.31. The molecule has 2 rings (SSSR count). The Hall–Kier alpha value is -1.67. The minimum absolute atomic E-state index is 0.238. The fourth-order valence-corrected chi connectivity index (χ4v) is 3.83. The van der Waals surface area contributed by atoms with E-state index in [0.29, 0.717) is 5.69 Å². The van der Waals surface area contributed by atoms with Gasteiger partial charge in [0, 0.05) is 37.1 Å². The van der Waals surface area contributed by atoms with Crippen molar-refractivity contribution in [2.24, 2.45) is 0 Å². The summed E-state index contributed by atoms with van der Waals surface area (Å²) in [7, 11) is -3.65. The zero-order valence-electron chi connectivity index (χ0n) is 14.2. The number of nitrogens with one attached hydrogen (secondary N) is 1. The van der Waals surface area contributed by atoms with Crippen LogP contribution >= 0.6 is 0 Å². The number of rotatable bonds is 7. The fourth-order valence-electron chi connectivity index (χ4n) is 2.97. The second kappa shape index (κ2) is 7.94. The molecule has 1 heterocycles. The number of hydrogen-bond donors (Lipinski definition) is 1. The summed E-state index contributed by atoms with van der Waals surface area (Å²) in [6.07, 6.45) is 5.35. The number of sulfone groups is 1. The highest BCUT2D eigenvalue weighted by atomic mass is 32.2. The Labute approximate surface area is 143 Å². The van der Waals surface area contributed by atoms with Gasteiger partial charge in [-0.15, -0.1) is 0 Å². The van der Waals surface area contributed by atoms with Crippen molar-refractivity contribution in [3.05, 3.63) is 28.3 Å². The highest BCUT2D eigenvalue weighted by Gasteiger charge is 2.24. The third-order valence-corrected chi connectivity index (χ3v) is 5.47. The van der Waals surface area contributed by atoms with Gasteiger partial charge in [-0.05, 0) is 37.9 Å². The SMILES string of the molecule is CCCCN1CCC(Nc2ccc([N+](=O)[O-])c(S(C)(=O)=O)c2)CC1. The van der Waals surface area contributed by atoms with Gasteiger partial charge in [0.15, 0.2) is 9.84 Å². The van der Waals surface area contributed by atoms with Crippen LogP contribution in [-0.2, 0) is 9.84 Å². The molecule has 1 fully saturated rings. The van der Waals surface area contributed by atoms with E-state index in [9.17, 15) is 18.5 Å². The van der Waals surface area contributed by atoms with Crippen LogP contribution < -0.4 is 5.32 Å². The first-order chi connectivity index (χ1) is 11.3. The number of likely N-dealkylation sites (tertiary alicyclic amines) is 1. The van der Waals surface area contributed by atoms with Gasteiger partial charge in [0.1, 0.15) is 4.90 Å². The molecule has 7 nitrogen and oxygen atoms in total. The van der Waals surface area contributed by atoms with E-state index in [1.165, 1.54) is 25.0 Å². The van der Waals surface area contributed by atoms with Gasteiger partial charge < -0.3 is 10.2 Å². The van der Waals surface area contributed by atoms with E-state index < -0.39 is 14.8 Å². The number of benzene rings is 1. The van der Waals surface area contributed by atoms with Gasteiger partial charge in [0.05, 0.1) is 4.92 Å². The summed E-state index contributed by atoms with van der Waals surface area (Å²) >= 11 is 0. The molecule has 1 aliphatic rings. The van der Waals surface area contributed by atoms with Crippen LogP contribution in [-0.4, -0.2) is 50.2 Å². The predicted molar refractivity (Wildman–Crippen MR) is 94.2 cm³/mol. The summed E-state index contributed by atoms with van der Waals surface area (Å²) in [5, 5.41) is 14.3. The number of nitro groups is 1. The van der Waals surface area contributed by atoms with Gasteiger partial charge in [-0.1, -0.05) is 13.3 Å². The lowest BCUT2D eigenvalue weighted by molar-refractivity contribution is -0.387. The second-order valence-electron chi connectivity index (χ2n) is 6.33. The van der Waals surface area contributed by atoms with Crippen LogP contribution in [0.4, 0.5) is 11.4 Å². The Morgan fingerprint density at radius 3 is 2.54 bits per heavy atom. The molecule has 0 radical (unpaired) electrons. The number of piperidine rings is 1. The average Bonchev–Trinajstić information content (AvgIpc) is 2.53. The molecule has 1 N–H and O–H groups in total. The molecule has 0 unspecified atom stereocenters. The van der Waals surface area contributed by atoms with Crippen molar-refractivity contribution >= 4 is 21.2 Å². The normalized spacial score (nSPS) is 16.9. The number of anilines is 1. The summed E-state index contributed by atoms with van der Waals surface area (Å²) in [5.41, 5.74) is 0.241. The van der Waals surface area contributed by atoms with E-state index in [4.69, 9.17) is 0 Å². The van der Waals surface area contributed by atoms with Crippen LogP contribution in [0.1, 0.15) is 32.6 Å². The lowest BCUT2D eigenvalue weighted by Crippen LogP contribution is -2.39. The minimum atomic E-state index is -3.65. The van der Waals surface area contributed by atoms with Crippen molar-refractivity contribution < 1.29 is 13.3 Å². The first kappa shape index (κ1) is 18.7. The lowest BCUT2D eigenvalue weighted by atomic mass is 10.0. The third-order valence-electron chi connectivity index (χ3n) is 4.34. The monoisotopic (exact) mass is 355 g/mol. The zero-order chi connectivity index (χ0) is 17.7. The number of nitrogens with zero attached hydrogens (tertiary/aromatic N) is 2. The van der Waals surface area contributed by atoms with Crippen LogP contribution in [0.2, 0.25) is 0 Å². The van der Waals surface area contributed by atoms with Crippen LogP contribution in [0.3, 0.4) is 0 Å². The van der Waals surface area contributed by atoms with Crippen molar-refractivity contribution in [3.8, 4) is 0 Å². The molecule has 0 saturated carbocycles. The molecule has 0 aliphatic carbocycles. The molecule has 0 spiro atoms. The van der Waals surface area contributed by atoms with Gasteiger partial charge in [0.2, 0.25) is 0 Å². The van der Waals surface area contributed by atoms with Crippen LogP contribution in [0.25, 0.3) is 0 Å². The van der Waals surface area contributed by atoms with Gasteiger partial charge in [-0.2, -0.15) is 0 Å². The van der Waals surface area contributed by atoms with E-state index in [-0.39, 0.29) is 16.6 Å². The van der Waals surface area contributed by atoms with E-state index in [1.807, 2.05) is 0 Å². The van der Waals surface area contributed by atoms with Crippen molar-refractivity contribution in [2.75, 3.05) is 31.2 Å². The van der Waals surface area contributed by atoms with Crippen molar-refractivity contribution in [1.82, 2.24) is 4.90 Å². The Kier molecular flexibility index (Phi) is 6.17. The zero-order valence-corrected chi connectivity index (χ0v) is 15.0. The van der Waals surface area contributed by atoms with Crippen LogP contribution in [0.5, 0.6) is 0 Å². The maximum absolute atomic E-state index is 11.8. The Bertz CT molecular complexity index is 683. The standard InChI is InChI=1S/C16H25N3O4S/c1-3-4-9-18-10-7-13(8-11-18)17-14-5-6-15(19(20)21)16(12-14)24(2,22)23/h5-6,12-13,17H,3-4,7-11H2,1-2H3. The quantitative estimate of drug-likeness (QED) is 0.597. The largest absolute Gasteiger partial charge is 0.382 e. The molecule has 134 valence electrons. The molecule has 1 saturated heterocycles. The summed E-state index contributed by atoms with van der Waals surface area (Å²) in [6, 6.07) is 4.47. The topological polar surface area (TPSA) is 92.5 Å².